The summed E-state index contributed by atoms with van der Waals surface area (Å²) < 4.78 is 23.0. The maximum Gasteiger partial charge on any atom is 0.260 e. The van der Waals surface area contributed by atoms with Crippen LogP contribution < -0.4 is 4.74 Å². The fraction of sp³-hybridized carbons (Fsp3) is 0.591. The molecule has 162 valence electrons. The lowest BCUT2D eigenvalue weighted by atomic mass is 9.90. The summed E-state index contributed by atoms with van der Waals surface area (Å²) in [4.78, 5) is 19.0. The Bertz CT molecular complexity index is 854. The Morgan fingerprint density at radius 3 is 2.87 bits per heavy atom. The van der Waals surface area contributed by atoms with Crippen molar-refractivity contribution in [2.45, 2.75) is 51.2 Å². The monoisotopic (exact) mass is 415 g/mol. The summed E-state index contributed by atoms with van der Waals surface area (Å²) in [6.45, 7) is 6.33. The molecule has 2 fully saturated rings. The molecule has 0 aliphatic carbocycles. The van der Waals surface area contributed by atoms with Crippen LogP contribution in [0.2, 0.25) is 0 Å². The number of amides is 1. The molecule has 4 rings (SSSR count). The molecule has 30 heavy (non-hydrogen) atoms. The van der Waals surface area contributed by atoms with E-state index in [2.05, 4.69) is 10.1 Å². The van der Waals surface area contributed by atoms with Gasteiger partial charge >= 0.3 is 0 Å². The quantitative estimate of drug-likeness (QED) is 0.686. The number of carbonyl (C=O) groups excluding carboxylic acids is 1. The third-order valence-corrected chi connectivity index (χ3v) is 5.75. The normalized spacial score (nSPS) is 21.0. The van der Waals surface area contributed by atoms with Gasteiger partial charge < -0.3 is 23.6 Å². The van der Waals surface area contributed by atoms with Crippen LogP contribution in [0.3, 0.4) is 0 Å². The number of aromatic nitrogens is 2. The molecule has 0 N–H and O–H groups in total. The lowest BCUT2D eigenvalue weighted by Crippen LogP contribution is -2.48. The van der Waals surface area contributed by atoms with E-state index in [1.54, 1.807) is 0 Å². The highest BCUT2D eigenvalue weighted by molar-refractivity contribution is 5.77. The molecule has 0 spiro atoms. The van der Waals surface area contributed by atoms with E-state index in [1.807, 2.05) is 43.0 Å². The molecule has 1 aromatic heterocycles. The van der Waals surface area contributed by atoms with Gasteiger partial charge in [0.1, 0.15) is 17.5 Å². The van der Waals surface area contributed by atoms with Gasteiger partial charge in [0.25, 0.3) is 11.8 Å². The van der Waals surface area contributed by atoms with Crippen LogP contribution in [0.15, 0.2) is 28.8 Å². The Kier molecular flexibility index (Phi) is 6.34. The van der Waals surface area contributed by atoms with Crippen molar-refractivity contribution in [2.24, 2.45) is 0 Å². The Balaban J connectivity index is 1.37. The van der Waals surface area contributed by atoms with Gasteiger partial charge in [0.05, 0.1) is 0 Å². The largest absolute Gasteiger partial charge is 0.484 e. The van der Waals surface area contributed by atoms with Gasteiger partial charge in [-0.2, -0.15) is 4.98 Å². The van der Waals surface area contributed by atoms with E-state index in [-0.39, 0.29) is 18.6 Å². The first-order valence-corrected chi connectivity index (χ1v) is 10.7. The molecule has 8 heteroatoms. The van der Waals surface area contributed by atoms with Crippen LogP contribution in [-0.4, -0.2) is 53.9 Å². The van der Waals surface area contributed by atoms with Crippen LogP contribution in [0.5, 0.6) is 5.75 Å². The number of hydrogen-bond acceptors (Lipinski definition) is 7. The highest BCUT2D eigenvalue weighted by atomic mass is 16.5. The maximum absolute atomic E-state index is 12.6. The first kappa shape index (κ1) is 20.8. The van der Waals surface area contributed by atoms with Gasteiger partial charge in [0.15, 0.2) is 6.61 Å². The van der Waals surface area contributed by atoms with Gasteiger partial charge in [0, 0.05) is 39.1 Å². The summed E-state index contributed by atoms with van der Waals surface area (Å²) >= 11 is 0. The average molecular weight is 415 g/mol. The molecule has 2 saturated heterocycles. The van der Waals surface area contributed by atoms with Crippen molar-refractivity contribution in [3.05, 3.63) is 41.5 Å². The Labute approximate surface area is 176 Å². The maximum atomic E-state index is 12.6. The zero-order valence-corrected chi connectivity index (χ0v) is 17.6. The van der Waals surface area contributed by atoms with E-state index in [0.717, 1.165) is 25.0 Å². The minimum Gasteiger partial charge on any atom is -0.484 e. The number of hydrogen-bond donors (Lipinski definition) is 0. The summed E-state index contributed by atoms with van der Waals surface area (Å²) in [5.41, 5.74) is 0.439. The van der Waals surface area contributed by atoms with E-state index in [4.69, 9.17) is 18.7 Å². The van der Waals surface area contributed by atoms with E-state index >= 15 is 0 Å². The van der Waals surface area contributed by atoms with E-state index in [9.17, 15) is 4.79 Å². The number of rotatable bonds is 7. The predicted octanol–water partition coefficient (Wildman–Crippen LogP) is 3.16. The van der Waals surface area contributed by atoms with E-state index in [1.165, 1.54) is 0 Å². The van der Waals surface area contributed by atoms with Crippen LogP contribution in [-0.2, 0) is 19.9 Å². The van der Waals surface area contributed by atoms with Crippen LogP contribution >= 0.6 is 0 Å². The van der Waals surface area contributed by atoms with Crippen molar-refractivity contribution in [3.8, 4) is 5.75 Å². The molecule has 1 aromatic carbocycles. The minimum absolute atomic E-state index is 0.0226. The smallest absolute Gasteiger partial charge is 0.260 e. The molecule has 0 bridgehead atoms. The summed E-state index contributed by atoms with van der Waals surface area (Å²) in [5.74, 6) is 1.74. The SMILES string of the molecule is CCOC1(c2nc([C@H]3CCCO3)no2)CCN(C(=O)COc2cccc(C)c2)CC1. The second kappa shape index (κ2) is 9.14. The molecule has 3 heterocycles. The number of likely N-dealkylation sites (tertiary alicyclic amines) is 1. The highest BCUT2D eigenvalue weighted by Gasteiger charge is 2.43. The Morgan fingerprint density at radius 2 is 2.17 bits per heavy atom. The van der Waals surface area contributed by atoms with Gasteiger partial charge in [0.2, 0.25) is 5.82 Å². The summed E-state index contributed by atoms with van der Waals surface area (Å²) in [5, 5.41) is 4.13. The molecule has 2 aliphatic heterocycles. The Morgan fingerprint density at radius 1 is 1.33 bits per heavy atom. The fourth-order valence-corrected chi connectivity index (χ4v) is 4.09. The van der Waals surface area contributed by atoms with Crippen LogP contribution in [0.1, 0.15) is 56.0 Å². The highest BCUT2D eigenvalue weighted by Crippen LogP contribution is 2.37. The Hall–Kier alpha value is -2.45. The number of benzene rings is 1. The average Bonchev–Trinajstić information content (AvgIpc) is 3.45. The number of carbonyl (C=O) groups is 1. The summed E-state index contributed by atoms with van der Waals surface area (Å²) in [6.07, 6.45) is 3.02. The minimum atomic E-state index is -0.660. The number of ether oxygens (including phenoxy) is 3. The van der Waals surface area contributed by atoms with Crippen molar-refractivity contribution in [2.75, 3.05) is 32.9 Å². The molecule has 8 nitrogen and oxygen atoms in total. The summed E-state index contributed by atoms with van der Waals surface area (Å²) in [7, 11) is 0. The molecular weight excluding hydrogens is 386 g/mol. The fourth-order valence-electron chi connectivity index (χ4n) is 4.09. The number of piperidine rings is 1. The molecule has 0 radical (unpaired) electrons. The van der Waals surface area contributed by atoms with Gasteiger partial charge in [-0.3, -0.25) is 4.79 Å². The van der Waals surface area contributed by atoms with E-state index < -0.39 is 5.60 Å². The topological polar surface area (TPSA) is 86.9 Å². The van der Waals surface area contributed by atoms with Crippen molar-refractivity contribution in [3.63, 3.8) is 0 Å². The second-order valence-electron chi connectivity index (χ2n) is 7.87. The molecule has 0 saturated carbocycles. The van der Waals surface area contributed by atoms with Crippen LogP contribution in [0.25, 0.3) is 0 Å². The van der Waals surface area contributed by atoms with Crippen molar-refractivity contribution in [1.82, 2.24) is 15.0 Å². The number of aryl methyl sites for hydroxylation is 1. The molecular formula is C22H29N3O5. The molecule has 2 aromatic rings. The molecule has 1 amide bonds. The van der Waals surface area contributed by atoms with Gasteiger partial charge in [-0.15, -0.1) is 0 Å². The summed E-state index contributed by atoms with van der Waals surface area (Å²) in [6, 6.07) is 7.69. The van der Waals surface area contributed by atoms with Gasteiger partial charge in [-0.25, -0.2) is 0 Å². The van der Waals surface area contributed by atoms with Crippen molar-refractivity contribution < 1.29 is 23.5 Å². The first-order valence-electron chi connectivity index (χ1n) is 10.7. The zero-order valence-electron chi connectivity index (χ0n) is 17.6. The molecule has 1 atom stereocenters. The molecule has 2 aliphatic rings. The third kappa shape index (κ3) is 4.49. The number of nitrogens with zero attached hydrogens (tertiary/aromatic N) is 3. The van der Waals surface area contributed by atoms with Gasteiger partial charge in [-0.1, -0.05) is 17.3 Å². The standard InChI is InChI=1S/C22H29N3O5/c1-3-29-22(21-23-20(24-30-21)18-8-5-13-27-18)9-11-25(12-10-22)19(26)15-28-17-7-4-6-16(2)14-17/h4,6-7,14,18H,3,5,8-13,15H2,1-2H3/t18-/m1/s1. The lowest BCUT2D eigenvalue weighted by molar-refractivity contribution is -0.143. The van der Waals surface area contributed by atoms with Crippen molar-refractivity contribution in [1.29, 1.82) is 0 Å². The zero-order chi connectivity index (χ0) is 21.0. The first-order chi connectivity index (χ1) is 14.6. The molecule has 0 unspecified atom stereocenters. The third-order valence-electron chi connectivity index (χ3n) is 5.75. The van der Waals surface area contributed by atoms with Gasteiger partial charge in [-0.05, 0) is 44.4 Å². The van der Waals surface area contributed by atoms with Crippen LogP contribution in [0, 0.1) is 6.92 Å². The van der Waals surface area contributed by atoms with E-state index in [0.29, 0.717) is 50.0 Å². The predicted molar refractivity (Wildman–Crippen MR) is 108 cm³/mol. The lowest BCUT2D eigenvalue weighted by Gasteiger charge is -2.38. The van der Waals surface area contributed by atoms with Crippen LogP contribution in [0.4, 0.5) is 0 Å². The van der Waals surface area contributed by atoms with Crippen molar-refractivity contribution >= 4 is 5.91 Å². The second-order valence-corrected chi connectivity index (χ2v) is 7.87.